The lowest BCUT2D eigenvalue weighted by Gasteiger charge is -2.15. The molecule has 0 saturated carbocycles. The maximum absolute atomic E-state index is 11.5. The molecule has 0 aromatic carbocycles. The first-order valence-corrected chi connectivity index (χ1v) is 5.40. The predicted octanol–water partition coefficient (Wildman–Crippen LogP) is 1.21. The number of carbonyl (C=O) groups is 1. The van der Waals surface area contributed by atoms with Crippen LogP contribution in [0.25, 0.3) is 0 Å². The molecule has 1 atom stereocenters. The van der Waals surface area contributed by atoms with Crippen LogP contribution in [0.15, 0.2) is 12.2 Å². The van der Waals surface area contributed by atoms with E-state index in [0.29, 0.717) is 12.5 Å². The van der Waals surface area contributed by atoms with E-state index in [1.165, 1.54) is 0 Å². The number of hydrogen-bond donors (Lipinski definition) is 2. The first-order chi connectivity index (χ1) is 6.72. The summed E-state index contributed by atoms with van der Waals surface area (Å²) in [5.74, 6) is 0.159. The smallest absolute Gasteiger partial charge is 0.221 e. The molecule has 1 aliphatic rings. The standard InChI is InChI=1S/C11H20N2O/c1-3-12-9(2)8-11(14)13-10-6-4-5-7-10/h4-5,9-10,12H,3,6-8H2,1-2H3,(H,13,14). The monoisotopic (exact) mass is 196 g/mol. The van der Waals surface area contributed by atoms with E-state index in [1.807, 2.05) is 6.92 Å². The van der Waals surface area contributed by atoms with Crippen LogP contribution in [0.5, 0.6) is 0 Å². The van der Waals surface area contributed by atoms with Crippen LogP contribution >= 0.6 is 0 Å². The highest BCUT2D eigenvalue weighted by Gasteiger charge is 2.14. The molecule has 1 amide bonds. The highest BCUT2D eigenvalue weighted by molar-refractivity contribution is 5.76. The minimum absolute atomic E-state index is 0.159. The van der Waals surface area contributed by atoms with E-state index < -0.39 is 0 Å². The van der Waals surface area contributed by atoms with Crippen LogP contribution in [0.1, 0.15) is 33.1 Å². The zero-order valence-corrected chi connectivity index (χ0v) is 9.05. The molecule has 2 N–H and O–H groups in total. The number of carbonyl (C=O) groups excluding carboxylic acids is 1. The highest BCUT2D eigenvalue weighted by atomic mass is 16.1. The first-order valence-electron chi connectivity index (χ1n) is 5.40. The third kappa shape index (κ3) is 3.92. The molecule has 0 aromatic heterocycles. The molecule has 0 fully saturated rings. The second kappa shape index (κ2) is 5.81. The summed E-state index contributed by atoms with van der Waals surface area (Å²) in [7, 11) is 0. The Morgan fingerprint density at radius 1 is 1.50 bits per heavy atom. The van der Waals surface area contributed by atoms with Gasteiger partial charge in [-0.1, -0.05) is 19.1 Å². The van der Waals surface area contributed by atoms with Gasteiger partial charge in [-0.05, 0) is 26.3 Å². The molecule has 0 bridgehead atoms. The van der Waals surface area contributed by atoms with Gasteiger partial charge in [0.25, 0.3) is 0 Å². The topological polar surface area (TPSA) is 41.1 Å². The number of hydrogen-bond acceptors (Lipinski definition) is 2. The summed E-state index contributed by atoms with van der Waals surface area (Å²) in [4.78, 5) is 11.5. The number of rotatable bonds is 5. The van der Waals surface area contributed by atoms with Crippen molar-refractivity contribution in [2.45, 2.75) is 45.2 Å². The Morgan fingerprint density at radius 3 is 2.71 bits per heavy atom. The second-order valence-corrected chi connectivity index (χ2v) is 3.87. The van der Waals surface area contributed by atoms with Crippen molar-refractivity contribution in [3.63, 3.8) is 0 Å². The molecular weight excluding hydrogens is 176 g/mol. The SMILES string of the molecule is CCNC(C)CC(=O)NC1CC=CC1. The molecule has 80 valence electrons. The van der Waals surface area contributed by atoms with Gasteiger partial charge in [0.1, 0.15) is 0 Å². The summed E-state index contributed by atoms with van der Waals surface area (Å²) in [6, 6.07) is 0.616. The molecule has 1 aliphatic carbocycles. The summed E-state index contributed by atoms with van der Waals surface area (Å²) in [5.41, 5.74) is 0. The van der Waals surface area contributed by atoms with Crippen molar-refractivity contribution < 1.29 is 4.79 Å². The molecule has 3 nitrogen and oxygen atoms in total. The van der Waals surface area contributed by atoms with Gasteiger partial charge in [0.2, 0.25) is 5.91 Å². The Balaban J connectivity index is 2.15. The first kappa shape index (κ1) is 11.2. The lowest BCUT2D eigenvalue weighted by atomic mass is 10.2. The fraction of sp³-hybridized carbons (Fsp3) is 0.727. The van der Waals surface area contributed by atoms with Crippen molar-refractivity contribution >= 4 is 5.91 Å². The summed E-state index contributed by atoms with van der Waals surface area (Å²) < 4.78 is 0. The maximum Gasteiger partial charge on any atom is 0.221 e. The van der Waals surface area contributed by atoms with Crippen molar-refractivity contribution in [2.24, 2.45) is 0 Å². The Bertz CT molecular complexity index is 205. The summed E-state index contributed by atoms with van der Waals surface area (Å²) in [6.07, 6.45) is 6.80. The Kier molecular flexibility index (Phi) is 4.66. The molecule has 0 saturated heterocycles. The van der Waals surface area contributed by atoms with Crippen molar-refractivity contribution in [3.8, 4) is 0 Å². The lowest BCUT2D eigenvalue weighted by molar-refractivity contribution is -0.122. The molecule has 0 heterocycles. The summed E-state index contributed by atoms with van der Waals surface area (Å²) >= 11 is 0. The zero-order chi connectivity index (χ0) is 10.4. The van der Waals surface area contributed by atoms with Gasteiger partial charge in [-0.25, -0.2) is 0 Å². The van der Waals surface area contributed by atoms with Crippen LogP contribution in [0.2, 0.25) is 0 Å². The Hall–Kier alpha value is -0.830. The fourth-order valence-corrected chi connectivity index (χ4v) is 1.72. The Labute approximate surface area is 86.0 Å². The zero-order valence-electron chi connectivity index (χ0n) is 9.05. The predicted molar refractivity (Wildman–Crippen MR) is 58.1 cm³/mol. The van der Waals surface area contributed by atoms with E-state index in [2.05, 4.69) is 29.7 Å². The third-order valence-corrected chi connectivity index (χ3v) is 2.42. The molecule has 3 heteroatoms. The van der Waals surface area contributed by atoms with Gasteiger partial charge in [-0.15, -0.1) is 0 Å². The number of amides is 1. The van der Waals surface area contributed by atoms with Crippen LogP contribution in [0, 0.1) is 0 Å². The average Bonchev–Trinajstić information content (AvgIpc) is 2.56. The molecular formula is C11H20N2O. The molecule has 0 aromatic rings. The third-order valence-electron chi connectivity index (χ3n) is 2.42. The Morgan fingerprint density at radius 2 is 2.14 bits per heavy atom. The van der Waals surface area contributed by atoms with Gasteiger partial charge in [0.05, 0.1) is 0 Å². The quantitative estimate of drug-likeness (QED) is 0.649. The van der Waals surface area contributed by atoms with Gasteiger partial charge in [-0.2, -0.15) is 0 Å². The van der Waals surface area contributed by atoms with Crippen LogP contribution in [-0.4, -0.2) is 24.5 Å². The van der Waals surface area contributed by atoms with E-state index in [-0.39, 0.29) is 11.9 Å². The van der Waals surface area contributed by atoms with Gasteiger partial charge in [-0.3, -0.25) is 4.79 Å². The number of nitrogens with one attached hydrogen (secondary N) is 2. The van der Waals surface area contributed by atoms with Crippen LogP contribution in [0.3, 0.4) is 0 Å². The van der Waals surface area contributed by atoms with Gasteiger partial charge < -0.3 is 10.6 Å². The van der Waals surface area contributed by atoms with Crippen molar-refractivity contribution in [1.82, 2.24) is 10.6 Å². The summed E-state index contributed by atoms with van der Waals surface area (Å²) in [5, 5.41) is 6.25. The van der Waals surface area contributed by atoms with E-state index in [4.69, 9.17) is 0 Å². The largest absolute Gasteiger partial charge is 0.353 e. The van der Waals surface area contributed by atoms with Crippen molar-refractivity contribution in [1.29, 1.82) is 0 Å². The highest BCUT2D eigenvalue weighted by Crippen LogP contribution is 2.09. The van der Waals surface area contributed by atoms with E-state index in [0.717, 1.165) is 19.4 Å². The molecule has 0 spiro atoms. The average molecular weight is 196 g/mol. The molecule has 0 aliphatic heterocycles. The summed E-state index contributed by atoms with van der Waals surface area (Å²) in [6.45, 7) is 5.00. The minimum atomic E-state index is 0.159. The van der Waals surface area contributed by atoms with Gasteiger partial charge >= 0.3 is 0 Å². The molecule has 1 rings (SSSR count). The van der Waals surface area contributed by atoms with Gasteiger partial charge in [0, 0.05) is 18.5 Å². The fourth-order valence-electron chi connectivity index (χ4n) is 1.72. The van der Waals surface area contributed by atoms with Crippen LogP contribution < -0.4 is 10.6 Å². The normalized spacial score (nSPS) is 18.4. The van der Waals surface area contributed by atoms with Crippen molar-refractivity contribution in [2.75, 3.05) is 6.54 Å². The minimum Gasteiger partial charge on any atom is -0.353 e. The molecule has 0 radical (unpaired) electrons. The van der Waals surface area contributed by atoms with Gasteiger partial charge in [0.15, 0.2) is 0 Å². The molecule has 1 unspecified atom stereocenters. The van der Waals surface area contributed by atoms with Crippen molar-refractivity contribution in [3.05, 3.63) is 12.2 Å². The van der Waals surface area contributed by atoms with Crippen LogP contribution in [-0.2, 0) is 4.79 Å². The second-order valence-electron chi connectivity index (χ2n) is 3.87. The van der Waals surface area contributed by atoms with E-state index in [9.17, 15) is 4.79 Å². The molecule has 14 heavy (non-hydrogen) atoms. The lowest BCUT2D eigenvalue weighted by Crippen LogP contribution is -2.37. The van der Waals surface area contributed by atoms with E-state index >= 15 is 0 Å². The maximum atomic E-state index is 11.5. The van der Waals surface area contributed by atoms with E-state index in [1.54, 1.807) is 0 Å². The van der Waals surface area contributed by atoms with Crippen LogP contribution in [0.4, 0.5) is 0 Å².